The Kier molecular flexibility index (Phi) is 4.49. The molecule has 21 heavy (non-hydrogen) atoms. The summed E-state index contributed by atoms with van der Waals surface area (Å²) in [5.74, 6) is 0.406. The first-order valence-corrected chi connectivity index (χ1v) is 6.72. The van der Waals surface area contributed by atoms with Crippen LogP contribution in [0.1, 0.15) is 10.5 Å². The maximum Gasteiger partial charge on any atom is 0.355 e. The molecular weight excluding hydrogens is 296 g/mol. The van der Waals surface area contributed by atoms with Crippen LogP contribution >= 0.6 is 11.3 Å². The van der Waals surface area contributed by atoms with Crippen LogP contribution in [0, 0.1) is 0 Å². The molecule has 1 aromatic carbocycles. The number of rotatable bonds is 6. The number of ether oxygens (including phenoxy) is 3. The van der Waals surface area contributed by atoms with E-state index in [2.05, 4.69) is 10.3 Å². The fourth-order valence-electron chi connectivity index (χ4n) is 1.71. The molecule has 1 heterocycles. The number of nitrogens with one attached hydrogen (secondary N) is 1. The molecule has 112 valence electrons. The van der Waals surface area contributed by atoms with Crippen LogP contribution in [0.4, 0.5) is 10.8 Å². The maximum absolute atomic E-state index is 10.8. The van der Waals surface area contributed by atoms with Crippen molar-refractivity contribution in [2.24, 2.45) is 0 Å². The van der Waals surface area contributed by atoms with Gasteiger partial charge < -0.3 is 24.6 Å². The van der Waals surface area contributed by atoms with Gasteiger partial charge in [0.2, 0.25) is 5.75 Å². The van der Waals surface area contributed by atoms with Crippen molar-refractivity contribution in [3.05, 3.63) is 23.2 Å². The van der Waals surface area contributed by atoms with Gasteiger partial charge in [-0.1, -0.05) is 0 Å². The Labute approximate surface area is 125 Å². The third-order valence-electron chi connectivity index (χ3n) is 2.64. The van der Waals surface area contributed by atoms with E-state index < -0.39 is 5.97 Å². The summed E-state index contributed by atoms with van der Waals surface area (Å²) in [6, 6.07) is 3.42. The number of aromatic nitrogens is 1. The maximum atomic E-state index is 10.8. The van der Waals surface area contributed by atoms with E-state index in [9.17, 15) is 4.79 Å². The highest BCUT2D eigenvalue weighted by atomic mass is 32.1. The van der Waals surface area contributed by atoms with Gasteiger partial charge in [-0.05, 0) is 0 Å². The van der Waals surface area contributed by atoms with E-state index in [1.807, 2.05) is 0 Å². The second-order valence-corrected chi connectivity index (χ2v) is 4.74. The third-order valence-corrected chi connectivity index (χ3v) is 3.40. The minimum Gasteiger partial charge on any atom is -0.493 e. The number of methoxy groups -OCH3 is 3. The fraction of sp³-hybridized carbons (Fsp3) is 0.231. The van der Waals surface area contributed by atoms with Gasteiger partial charge in [-0.2, -0.15) is 0 Å². The monoisotopic (exact) mass is 310 g/mol. The predicted molar refractivity (Wildman–Crippen MR) is 78.5 cm³/mol. The predicted octanol–water partition coefficient (Wildman–Crippen LogP) is 2.61. The van der Waals surface area contributed by atoms with Gasteiger partial charge in [0.1, 0.15) is 0 Å². The van der Waals surface area contributed by atoms with Crippen LogP contribution < -0.4 is 19.5 Å². The molecule has 0 saturated heterocycles. The molecule has 0 unspecified atom stereocenters. The lowest BCUT2D eigenvalue weighted by Crippen LogP contribution is -1.99. The van der Waals surface area contributed by atoms with E-state index in [-0.39, 0.29) is 5.69 Å². The van der Waals surface area contributed by atoms with E-state index in [0.717, 1.165) is 0 Å². The van der Waals surface area contributed by atoms with E-state index in [4.69, 9.17) is 19.3 Å². The molecule has 1 aromatic heterocycles. The molecule has 0 bridgehead atoms. The number of hydrogen-bond donors (Lipinski definition) is 2. The molecule has 0 radical (unpaired) electrons. The van der Waals surface area contributed by atoms with E-state index in [1.165, 1.54) is 38.0 Å². The molecule has 0 aliphatic rings. The van der Waals surface area contributed by atoms with Crippen LogP contribution in [0.25, 0.3) is 0 Å². The molecule has 2 N–H and O–H groups in total. The zero-order chi connectivity index (χ0) is 15.4. The van der Waals surface area contributed by atoms with Crippen molar-refractivity contribution >= 4 is 28.1 Å². The van der Waals surface area contributed by atoms with Gasteiger partial charge in [0.15, 0.2) is 22.3 Å². The van der Waals surface area contributed by atoms with E-state index >= 15 is 0 Å². The lowest BCUT2D eigenvalue weighted by atomic mass is 10.2. The molecule has 0 amide bonds. The molecule has 0 fully saturated rings. The van der Waals surface area contributed by atoms with Crippen LogP contribution in [0.15, 0.2) is 17.5 Å². The molecule has 0 spiro atoms. The summed E-state index contributed by atoms with van der Waals surface area (Å²) in [5, 5.41) is 13.8. The molecule has 0 aliphatic carbocycles. The van der Waals surface area contributed by atoms with Crippen molar-refractivity contribution in [3.8, 4) is 17.2 Å². The van der Waals surface area contributed by atoms with Gasteiger partial charge in [-0.3, -0.25) is 0 Å². The summed E-state index contributed by atoms with van der Waals surface area (Å²) in [7, 11) is 4.56. The van der Waals surface area contributed by atoms with Gasteiger partial charge in [0.25, 0.3) is 0 Å². The van der Waals surface area contributed by atoms with Crippen molar-refractivity contribution in [2.75, 3.05) is 26.6 Å². The number of aromatic carboxylic acids is 1. The largest absolute Gasteiger partial charge is 0.493 e. The molecule has 7 nitrogen and oxygen atoms in total. The second-order valence-electron chi connectivity index (χ2n) is 3.88. The van der Waals surface area contributed by atoms with Gasteiger partial charge in [-0.15, -0.1) is 11.3 Å². The number of carbonyl (C=O) groups is 1. The number of benzene rings is 1. The first-order chi connectivity index (χ1) is 10.1. The normalized spacial score (nSPS) is 10.0. The third kappa shape index (κ3) is 3.16. The Balaban J connectivity index is 2.32. The van der Waals surface area contributed by atoms with Crippen molar-refractivity contribution in [1.29, 1.82) is 0 Å². The summed E-state index contributed by atoms with van der Waals surface area (Å²) in [6.07, 6.45) is 0. The summed E-state index contributed by atoms with van der Waals surface area (Å²) in [4.78, 5) is 14.8. The average molecular weight is 310 g/mol. The number of carboxylic acid groups (broad SMARTS) is 1. The number of anilines is 2. The smallest absolute Gasteiger partial charge is 0.355 e. The summed E-state index contributed by atoms with van der Waals surface area (Å²) in [6.45, 7) is 0. The van der Waals surface area contributed by atoms with Crippen molar-refractivity contribution in [3.63, 3.8) is 0 Å². The van der Waals surface area contributed by atoms with Crippen LogP contribution in [0.3, 0.4) is 0 Å². The molecule has 0 saturated carbocycles. The van der Waals surface area contributed by atoms with Gasteiger partial charge in [-0.25, -0.2) is 9.78 Å². The van der Waals surface area contributed by atoms with Crippen LogP contribution in [-0.2, 0) is 0 Å². The lowest BCUT2D eigenvalue weighted by Gasteiger charge is -2.14. The molecule has 2 aromatic rings. The first kappa shape index (κ1) is 14.9. The zero-order valence-corrected chi connectivity index (χ0v) is 12.5. The van der Waals surface area contributed by atoms with Gasteiger partial charge in [0.05, 0.1) is 21.3 Å². The molecule has 8 heteroatoms. The summed E-state index contributed by atoms with van der Waals surface area (Å²) < 4.78 is 15.7. The average Bonchev–Trinajstić information content (AvgIpc) is 2.94. The number of nitrogens with zero attached hydrogens (tertiary/aromatic N) is 1. The number of carboxylic acids is 1. The molecule has 0 aliphatic heterocycles. The number of hydrogen-bond acceptors (Lipinski definition) is 7. The van der Waals surface area contributed by atoms with Crippen molar-refractivity contribution in [1.82, 2.24) is 4.98 Å². The number of thiazole rings is 1. The Bertz CT molecular complexity index is 631. The Morgan fingerprint density at radius 3 is 2.24 bits per heavy atom. The topological polar surface area (TPSA) is 89.9 Å². The quantitative estimate of drug-likeness (QED) is 0.847. The lowest BCUT2D eigenvalue weighted by molar-refractivity contribution is 0.0691. The summed E-state index contributed by atoms with van der Waals surface area (Å²) >= 11 is 1.19. The molecule has 0 atom stereocenters. The van der Waals surface area contributed by atoms with Gasteiger partial charge >= 0.3 is 5.97 Å². The minimum absolute atomic E-state index is 0.00468. The molecular formula is C13H14N2O5S. The van der Waals surface area contributed by atoms with Crippen molar-refractivity contribution < 1.29 is 24.1 Å². The SMILES string of the molecule is COc1cc(Nc2nc(C(=O)O)cs2)cc(OC)c1OC. The summed E-state index contributed by atoms with van der Waals surface area (Å²) in [5.41, 5.74) is 0.644. The van der Waals surface area contributed by atoms with Crippen LogP contribution in [0.2, 0.25) is 0 Å². The standard InChI is InChI=1S/C13H14N2O5S/c1-18-9-4-7(5-10(19-2)11(9)20-3)14-13-15-8(6-21-13)12(16)17/h4-6H,1-3H3,(H,14,15)(H,16,17). The Hall–Kier alpha value is -2.48. The Morgan fingerprint density at radius 2 is 1.81 bits per heavy atom. The van der Waals surface area contributed by atoms with E-state index in [1.54, 1.807) is 12.1 Å². The van der Waals surface area contributed by atoms with E-state index in [0.29, 0.717) is 28.1 Å². The van der Waals surface area contributed by atoms with Crippen molar-refractivity contribution in [2.45, 2.75) is 0 Å². The van der Waals surface area contributed by atoms with Crippen LogP contribution in [0.5, 0.6) is 17.2 Å². The minimum atomic E-state index is -1.07. The van der Waals surface area contributed by atoms with Gasteiger partial charge in [0, 0.05) is 23.2 Å². The zero-order valence-electron chi connectivity index (χ0n) is 11.7. The van der Waals surface area contributed by atoms with Crippen LogP contribution in [-0.4, -0.2) is 37.4 Å². The Morgan fingerprint density at radius 1 is 1.19 bits per heavy atom. The first-order valence-electron chi connectivity index (χ1n) is 5.85. The highest BCUT2D eigenvalue weighted by Gasteiger charge is 2.14. The second kappa shape index (κ2) is 6.31. The highest BCUT2D eigenvalue weighted by Crippen LogP contribution is 2.40. The fourth-order valence-corrected chi connectivity index (χ4v) is 2.41. The molecule has 2 rings (SSSR count). The highest BCUT2D eigenvalue weighted by molar-refractivity contribution is 7.14.